The Balaban J connectivity index is 1.85. The molecule has 0 atom stereocenters. The van der Waals surface area contributed by atoms with Crippen molar-refractivity contribution in [3.63, 3.8) is 0 Å². The zero-order chi connectivity index (χ0) is 17.0. The maximum atomic E-state index is 12.1. The molecule has 1 aliphatic heterocycles. The van der Waals surface area contributed by atoms with Crippen molar-refractivity contribution in [3.8, 4) is 0 Å². The van der Waals surface area contributed by atoms with Crippen LogP contribution in [0.3, 0.4) is 0 Å². The zero-order valence-corrected chi connectivity index (χ0v) is 15.9. The summed E-state index contributed by atoms with van der Waals surface area (Å²) in [5.41, 5.74) is 0.562. The molecule has 1 aromatic rings. The first-order chi connectivity index (χ1) is 10.8. The summed E-state index contributed by atoms with van der Waals surface area (Å²) in [6.07, 6.45) is 0. The summed E-state index contributed by atoms with van der Waals surface area (Å²) in [5, 5.41) is 3.24. The first-order valence-electron chi connectivity index (χ1n) is 7.27. The van der Waals surface area contributed by atoms with E-state index in [-0.39, 0.29) is 18.2 Å². The SMILES string of the molecule is CCS(=O)(=O)N1CCN(CC(=O)Nc2ccc(Br)cc2Cl)CC1. The molecule has 1 aliphatic rings. The predicted octanol–water partition coefficient (Wildman–Crippen LogP) is 2.01. The third-order valence-electron chi connectivity index (χ3n) is 3.66. The maximum absolute atomic E-state index is 12.1. The number of halogens is 2. The number of nitrogens with zero attached hydrogens (tertiary/aromatic N) is 2. The number of carbonyl (C=O) groups excluding carboxylic acids is 1. The number of rotatable bonds is 5. The summed E-state index contributed by atoms with van der Waals surface area (Å²) in [7, 11) is -3.15. The lowest BCUT2D eigenvalue weighted by Gasteiger charge is -2.33. The number of nitrogens with one attached hydrogen (secondary N) is 1. The van der Waals surface area contributed by atoms with E-state index in [0.29, 0.717) is 36.9 Å². The van der Waals surface area contributed by atoms with E-state index in [4.69, 9.17) is 11.6 Å². The average molecular weight is 425 g/mol. The van der Waals surface area contributed by atoms with Crippen molar-refractivity contribution in [2.24, 2.45) is 0 Å². The van der Waals surface area contributed by atoms with Crippen LogP contribution in [0, 0.1) is 0 Å². The molecular weight excluding hydrogens is 406 g/mol. The molecule has 0 aromatic heterocycles. The number of hydrogen-bond acceptors (Lipinski definition) is 4. The second-order valence-electron chi connectivity index (χ2n) is 5.25. The van der Waals surface area contributed by atoms with E-state index in [9.17, 15) is 13.2 Å². The van der Waals surface area contributed by atoms with Crippen molar-refractivity contribution >= 4 is 49.1 Å². The lowest BCUT2D eigenvalue weighted by molar-refractivity contribution is -0.117. The number of piperazine rings is 1. The van der Waals surface area contributed by atoms with E-state index in [2.05, 4.69) is 21.2 Å². The largest absolute Gasteiger partial charge is 0.324 e. The Kier molecular flexibility index (Phi) is 6.44. The summed E-state index contributed by atoms with van der Waals surface area (Å²) in [6, 6.07) is 5.25. The minimum Gasteiger partial charge on any atom is -0.324 e. The molecule has 0 aliphatic carbocycles. The van der Waals surface area contributed by atoms with Crippen LogP contribution in [0.4, 0.5) is 5.69 Å². The normalized spacial score (nSPS) is 17.2. The van der Waals surface area contributed by atoms with Crippen molar-refractivity contribution in [3.05, 3.63) is 27.7 Å². The monoisotopic (exact) mass is 423 g/mol. The molecule has 128 valence electrons. The fourth-order valence-corrected chi connectivity index (χ4v) is 4.14. The van der Waals surface area contributed by atoms with Gasteiger partial charge in [0.15, 0.2) is 0 Å². The maximum Gasteiger partial charge on any atom is 0.238 e. The van der Waals surface area contributed by atoms with Crippen LogP contribution in [0.1, 0.15) is 6.92 Å². The zero-order valence-electron chi connectivity index (χ0n) is 12.8. The van der Waals surface area contributed by atoms with Crippen LogP contribution in [-0.4, -0.2) is 62.0 Å². The van der Waals surface area contributed by atoms with Gasteiger partial charge in [0.1, 0.15) is 0 Å². The number of benzene rings is 1. The predicted molar refractivity (Wildman–Crippen MR) is 95.3 cm³/mol. The highest BCUT2D eigenvalue weighted by molar-refractivity contribution is 9.10. The summed E-state index contributed by atoms with van der Waals surface area (Å²) in [6.45, 7) is 3.77. The fraction of sp³-hybridized carbons (Fsp3) is 0.500. The van der Waals surface area contributed by atoms with E-state index in [1.54, 1.807) is 25.1 Å². The molecule has 0 spiro atoms. The van der Waals surface area contributed by atoms with Gasteiger partial charge in [0.25, 0.3) is 0 Å². The number of sulfonamides is 1. The highest BCUT2D eigenvalue weighted by atomic mass is 79.9. The van der Waals surface area contributed by atoms with Gasteiger partial charge in [0, 0.05) is 30.7 Å². The summed E-state index contributed by atoms with van der Waals surface area (Å²) < 4.78 is 25.9. The van der Waals surface area contributed by atoms with Crippen LogP contribution in [0.2, 0.25) is 5.02 Å². The Hall–Kier alpha value is -0.670. The van der Waals surface area contributed by atoms with Gasteiger partial charge < -0.3 is 5.32 Å². The van der Waals surface area contributed by atoms with Crippen LogP contribution in [0.25, 0.3) is 0 Å². The van der Waals surface area contributed by atoms with Gasteiger partial charge in [-0.3, -0.25) is 9.69 Å². The minimum atomic E-state index is -3.15. The molecule has 0 radical (unpaired) electrons. The molecule has 1 N–H and O–H groups in total. The molecule has 1 heterocycles. The van der Waals surface area contributed by atoms with Gasteiger partial charge in [-0.05, 0) is 25.1 Å². The summed E-state index contributed by atoms with van der Waals surface area (Å²) in [5.74, 6) is -0.0590. The standard InChI is InChI=1S/C14H19BrClN3O3S/c1-2-23(21,22)19-7-5-18(6-8-19)10-14(20)17-13-4-3-11(15)9-12(13)16/h3-4,9H,2,5-8,10H2,1H3,(H,17,20). The van der Waals surface area contributed by atoms with Gasteiger partial charge in [-0.25, -0.2) is 8.42 Å². The Bertz CT molecular complexity index is 676. The highest BCUT2D eigenvalue weighted by Gasteiger charge is 2.26. The third kappa shape index (κ3) is 5.15. The van der Waals surface area contributed by atoms with Gasteiger partial charge in [0.05, 0.1) is 23.0 Å². The van der Waals surface area contributed by atoms with Crippen molar-refractivity contribution in [1.82, 2.24) is 9.21 Å². The quantitative estimate of drug-likeness (QED) is 0.785. The van der Waals surface area contributed by atoms with Gasteiger partial charge in [0.2, 0.25) is 15.9 Å². The van der Waals surface area contributed by atoms with Crippen molar-refractivity contribution in [2.45, 2.75) is 6.92 Å². The molecule has 0 bridgehead atoms. The smallest absolute Gasteiger partial charge is 0.238 e. The number of hydrogen-bond donors (Lipinski definition) is 1. The molecule has 1 saturated heterocycles. The van der Waals surface area contributed by atoms with Gasteiger partial charge in [-0.15, -0.1) is 0 Å². The second kappa shape index (κ2) is 7.94. The lowest BCUT2D eigenvalue weighted by atomic mass is 10.3. The average Bonchev–Trinajstić information content (AvgIpc) is 2.50. The molecule has 0 unspecified atom stereocenters. The first kappa shape index (κ1) is 18.7. The van der Waals surface area contributed by atoms with Crippen LogP contribution >= 0.6 is 27.5 Å². The molecule has 2 rings (SSSR count). The van der Waals surface area contributed by atoms with E-state index in [0.717, 1.165) is 4.47 Å². The van der Waals surface area contributed by atoms with Crippen molar-refractivity contribution in [1.29, 1.82) is 0 Å². The Labute approximate surface area is 150 Å². The topological polar surface area (TPSA) is 69.7 Å². The molecular formula is C14H19BrClN3O3S. The fourth-order valence-electron chi connectivity index (χ4n) is 2.33. The molecule has 6 nitrogen and oxygen atoms in total. The van der Waals surface area contributed by atoms with Crippen LogP contribution < -0.4 is 5.32 Å². The molecule has 1 aromatic carbocycles. The Morgan fingerprint density at radius 1 is 1.30 bits per heavy atom. The van der Waals surface area contributed by atoms with Gasteiger partial charge in [-0.2, -0.15) is 4.31 Å². The van der Waals surface area contributed by atoms with E-state index < -0.39 is 10.0 Å². The van der Waals surface area contributed by atoms with E-state index in [1.807, 2.05) is 4.90 Å². The van der Waals surface area contributed by atoms with E-state index in [1.165, 1.54) is 4.31 Å². The summed E-state index contributed by atoms with van der Waals surface area (Å²) >= 11 is 9.38. The van der Waals surface area contributed by atoms with Crippen molar-refractivity contribution < 1.29 is 13.2 Å². The minimum absolute atomic E-state index is 0.107. The second-order valence-corrected chi connectivity index (χ2v) is 8.83. The van der Waals surface area contributed by atoms with Gasteiger partial charge in [-0.1, -0.05) is 27.5 Å². The van der Waals surface area contributed by atoms with Crippen LogP contribution in [0.15, 0.2) is 22.7 Å². The molecule has 23 heavy (non-hydrogen) atoms. The lowest BCUT2D eigenvalue weighted by Crippen LogP contribution is -2.50. The molecule has 1 amide bonds. The highest BCUT2D eigenvalue weighted by Crippen LogP contribution is 2.25. The summed E-state index contributed by atoms with van der Waals surface area (Å²) in [4.78, 5) is 14.0. The van der Waals surface area contributed by atoms with E-state index >= 15 is 0 Å². The molecule has 1 fully saturated rings. The number of amides is 1. The Morgan fingerprint density at radius 2 is 1.96 bits per heavy atom. The Morgan fingerprint density at radius 3 is 2.52 bits per heavy atom. The number of anilines is 1. The van der Waals surface area contributed by atoms with Crippen LogP contribution in [0.5, 0.6) is 0 Å². The molecule has 0 saturated carbocycles. The van der Waals surface area contributed by atoms with Gasteiger partial charge >= 0.3 is 0 Å². The number of carbonyl (C=O) groups is 1. The third-order valence-corrected chi connectivity index (χ3v) is 6.35. The first-order valence-corrected chi connectivity index (χ1v) is 10.0. The molecule has 9 heteroatoms. The van der Waals surface area contributed by atoms with Crippen LogP contribution in [-0.2, 0) is 14.8 Å². The van der Waals surface area contributed by atoms with Crippen molar-refractivity contribution in [2.75, 3.05) is 43.8 Å².